The maximum absolute atomic E-state index is 13.0. The maximum Gasteiger partial charge on any atom is 0.255 e. The van der Waals surface area contributed by atoms with Gasteiger partial charge < -0.3 is 20.3 Å². The van der Waals surface area contributed by atoms with Gasteiger partial charge in [0.2, 0.25) is 11.8 Å². The van der Waals surface area contributed by atoms with Gasteiger partial charge in [-0.15, -0.1) is 0 Å². The summed E-state index contributed by atoms with van der Waals surface area (Å²) in [5.74, 6) is -0.753. The Morgan fingerprint density at radius 1 is 1.19 bits per heavy atom. The topological polar surface area (TPSA) is 99.8 Å². The van der Waals surface area contributed by atoms with Gasteiger partial charge in [-0.2, -0.15) is 0 Å². The van der Waals surface area contributed by atoms with Crippen LogP contribution in [0.2, 0.25) is 0 Å². The number of rotatable bonds is 4. The SMILES string of the molecule is O=C1CCC(N2Cc3ccc(CNC4CNCC5(CCOCC5)C4)cc3C2=O)C(=O)N1. The summed E-state index contributed by atoms with van der Waals surface area (Å²) in [5, 5.41) is 9.61. The van der Waals surface area contributed by atoms with Crippen LogP contribution in [0.4, 0.5) is 0 Å². The van der Waals surface area contributed by atoms with Crippen molar-refractivity contribution >= 4 is 17.7 Å². The molecule has 3 fully saturated rings. The van der Waals surface area contributed by atoms with Crippen molar-refractivity contribution in [1.82, 2.24) is 20.9 Å². The number of amides is 3. The van der Waals surface area contributed by atoms with Gasteiger partial charge in [-0.05, 0) is 48.3 Å². The third-order valence-corrected chi connectivity index (χ3v) is 7.31. The number of benzene rings is 1. The van der Waals surface area contributed by atoms with E-state index < -0.39 is 6.04 Å². The molecule has 0 aromatic heterocycles. The number of piperidine rings is 2. The molecule has 4 aliphatic rings. The second kappa shape index (κ2) is 8.33. The molecule has 166 valence electrons. The summed E-state index contributed by atoms with van der Waals surface area (Å²) in [5.41, 5.74) is 3.03. The number of ether oxygens (including phenoxy) is 1. The minimum absolute atomic E-state index is 0.119. The first-order valence-electron chi connectivity index (χ1n) is 11.3. The molecule has 0 aliphatic carbocycles. The Kier molecular flexibility index (Phi) is 5.54. The largest absolute Gasteiger partial charge is 0.381 e. The molecular formula is C23H30N4O4. The molecule has 8 heteroatoms. The number of nitrogens with zero attached hydrogens (tertiary/aromatic N) is 1. The molecule has 8 nitrogen and oxygen atoms in total. The van der Waals surface area contributed by atoms with Crippen molar-refractivity contribution in [2.45, 2.75) is 57.3 Å². The Balaban J connectivity index is 1.22. The molecule has 4 heterocycles. The van der Waals surface area contributed by atoms with Crippen molar-refractivity contribution in [1.29, 1.82) is 0 Å². The van der Waals surface area contributed by atoms with Crippen molar-refractivity contribution in [3.8, 4) is 0 Å². The van der Waals surface area contributed by atoms with Crippen LogP contribution in [0.1, 0.15) is 53.6 Å². The van der Waals surface area contributed by atoms with E-state index in [1.54, 1.807) is 4.90 Å². The number of nitrogens with one attached hydrogen (secondary N) is 3. The van der Waals surface area contributed by atoms with E-state index in [-0.39, 0.29) is 24.1 Å². The number of hydrogen-bond acceptors (Lipinski definition) is 6. The standard InChI is InChI=1S/C23H30N4O4/c28-20-4-3-19(21(29)26-20)27-13-16-2-1-15(9-18(16)22(27)30)11-25-17-10-23(14-24-12-17)5-7-31-8-6-23/h1-2,9,17,19,24-25H,3-8,10-14H2,(H,26,28,29). The van der Waals surface area contributed by atoms with Crippen LogP contribution in [-0.2, 0) is 27.4 Å². The summed E-state index contributed by atoms with van der Waals surface area (Å²) in [6, 6.07) is 5.85. The zero-order valence-electron chi connectivity index (χ0n) is 17.7. The van der Waals surface area contributed by atoms with E-state index in [0.29, 0.717) is 36.5 Å². The molecule has 3 amide bonds. The fraction of sp³-hybridized carbons (Fsp3) is 0.609. The Hall–Kier alpha value is -2.29. The first kappa shape index (κ1) is 20.6. The zero-order chi connectivity index (χ0) is 21.4. The molecular weight excluding hydrogens is 396 g/mol. The minimum atomic E-state index is -0.567. The Morgan fingerprint density at radius 3 is 2.84 bits per heavy atom. The summed E-state index contributed by atoms with van der Waals surface area (Å²) in [7, 11) is 0. The molecule has 0 saturated carbocycles. The predicted octanol–water partition coefficient (Wildman–Crippen LogP) is 0.696. The van der Waals surface area contributed by atoms with E-state index in [2.05, 4.69) is 22.0 Å². The average molecular weight is 427 g/mol. The van der Waals surface area contributed by atoms with E-state index in [0.717, 1.165) is 56.7 Å². The van der Waals surface area contributed by atoms with Crippen LogP contribution >= 0.6 is 0 Å². The lowest BCUT2D eigenvalue weighted by Crippen LogP contribution is -2.53. The van der Waals surface area contributed by atoms with E-state index >= 15 is 0 Å². The fourth-order valence-corrected chi connectivity index (χ4v) is 5.48. The lowest BCUT2D eigenvalue weighted by molar-refractivity contribution is -0.136. The van der Waals surface area contributed by atoms with Crippen LogP contribution in [0.15, 0.2) is 18.2 Å². The first-order chi connectivity index (χ1) is 15.0. The van der Waals surface area contributed by atoms with Gasteiger partial charge in [0.1, 0.15) is 6.04 Å². The smallest absolute Gasteiger partial charge is 0.255 e. The highest BCUT2D eigenvalue weighted by Gasteiger charge is 2.40. The Bertz CT molecular complexity index is 890. The molecule has 1 aromatic carbocycles. The van der Waals surface area contributed by atoms with Crippen molar-refractivity contribution in [2.24, 2.45) is 5.41 Å². The fourth-order valence-electron chi connectivity index (χ4n) is 5.48. The molecule has 0 bridgehead atoms. The van der Waals surface area contributed by atoms with Gasteiger partial charge in [-0.1, -0.05) is 12.1 Å². The lowest BCUT2D eigenvalue weighted by Gasteiger charge is -2.44. The lowest BCUT2D eigenvalue weighted by atomic mass is 9.73. The maximum atomic E-state index is 13.0. The summed E-state index contributed by atoms with van der Waals surface area (Å²) in [6.45, 7) is 4.85. The van der Waals surface area contributed by atoms with E-state index in [1.165, 1.54) is 0 Å². The highest BCUT2D eigenvalue weighted by atomic mass is 16.5. The quantitative estimate of drug-likeness (QED) is 0.613. The van der Waals surface area contributed by atoms with Gasteiger partial charge in [0.05, 0.1) is 0 Å². The van der Waals surface area contributed by atoms with E-state index in [4.69, 9.17) is 4.74 Å². The zero-order valence-corrected chi connectivity index (χ0v) is 17.7. The monoisotopic (exact) mass is 426 g/mol. The van der Waals surface area contributed by atoms with Gasteiger partial charge in [0.15, 0.2) is 0 Å². The molecule has 5 rings (SSSR count). The van der Waals surface area contributed by atoms with E-state index in [1.807, 2.05) is 12.1 Å². The number of imide groups is 1. The van der Waals surface area contributed by atoms with Crippen LogP contribution in [0, 0.1) is 5.41 Å². The van der Waals surface area contributed by atoms with Crippen LogP contribution in [-0.4, -0.2) is 61.0 Å². The minimum Gasteiger partial charge on any atom is -0.381 e. The summed E-state index contributed by atoms with van der Waals surface area (Å²) in [4.78, 5) is 38.2. The molecule has 1 spiro atoms. The number of fused-ring (bicyclic) bond motifs is 1. The van der Waals surface area contributed by atoms with Gasteiger partial charge in [-0.25, -0.2) is 0 Å². The molecule has 1 aromatic rings. The van der Waals surface area contributed by atoms with Gasteiger partial charge in [0.25, 0.3) is 5.91 Å². The first-order valence-corrected chi connectivity index (χ1v) is 11.3. The van der Waals surface area contributed by atoms with Gasteiger partial charge in [-0.3, -0.25) is 19.7 Å². The number of hydrogen-bond donors (Lipinski definition) is 3. The van der Waals surface area contributed by atoms with Gasteiger partial charge >= 0.3 is 0 Å². The molecule has 4 aliphatic heterocycles. The molecule has 2 unspecified atom stereocenters. The second-order valence-corrected chi connectivity index (χ2v) is 9.42. The van der Waals surface area contributed by atoms with Crippen LogP contribution in [0.3, 0.4) is 0 Å². The van der Waals surface area contributed by atoms with Crippen molar-refractivity contribution < 1.29 is 19.1 Å². The third kappa shape index (κ3) is 4.12. The summed E-state index contributed by atoms with van der Waals surface area (Å²) >= 11 is 0. The average Bonchev–Trinajstić information content (AvgIpc) is 3.09. The normalized spacial score (nSPS) is 28.0. The molecule has 2 atom stereocenters. The summed E-state index contributed by atoms with van der Waals surface area (Å²) < 4.78 is 5.55. The molecule has 31 heavy (non-hydrogen) atoms. The van der Waals surface area contributed by atoms with Crippen LogP contribution < -0.4 is 16.0 Å². The highest BCUT2D eigenvalue weighted by molar-refractivity contribution is 6.05. The summed E-state index contributed by atoms with van der Waals surface area (Å²) in [6.07, 6.45) is 4.04. The number of carbonyl (C=O) groups excluding carboxylic acids is 3. The van der Waals surface area contributed by atoms with Crippen molar-refractivity contribution in [3.63, 3.8) is 0 Å². The Labute approximate surface area is 182 Å². The van der Waals surface area contributed by atoms with E-state index in [9.17, 15) is 14.4 Å². The second-order valence-electron chi connectivity index (χ2n) is 9.42. The van der Waals surface area contributed by atoms with Crippen LogP contribution in [0.5, 0.6) is 0 Å². The Morgan fingerprint density at radius 2 is 2.03 bits per heavy atom. The van der Waals surface area contributed by atoms with Gasteiger partial charge in [0, 0.05) is 57.4 Å². The molecule has 3 N–H and O–H groups in total. The van der Waals surface area contributed by atoms with Crippen LogP contribution in [0.25, 0.3) is 0 Å². The molecule has 0 radical (unpaired) electrons. The number of carbonyl (C=O) groups is 3. The molecule has 3 saturated heterocycles. The highest BCUT2D eigenvalue weighted by Crippen LogP contribution is 2.36. The third-order valence-electron chi connectivity index (χ3n) is 7.31. The van der Waals surface area contributed by atoms with Crippen molar-refractivity contribution in [2.75, 3.05) is 26.3 Å². The van der Waals surface area contributed by atoms with Crippen molar-refractivity contribution in [3.05, 3.63) is 34.9 Å². The predicted molar refractivity (Wildman–Crippen MR) is 113 cm³/mol.